The molecule has 4 nitrogen and oxygen atoms in total. The van der Waals surface area contributed by atoms with Gasteiger partial charge in [0.15, 0.2) is 0 Å². The Balaban J connectivity index is 2.14. The highest BCUT2D eigenvalue weighted by molar-refractivity contribution is 5.19. The third-order valence-electron chi connectivity index (χ3n) is 3.85. The SMILES string of the molecule is CC(C)C(C(O)c1ccccc1)N(C)Cc1cnn(C)c1. The minimum atomic E-state index is -0.493. The lowest BCUT2D eigenvalue weighted by molar-refractivity contribution is 0.0325. The fourth-order valence-corrected chi connectivity index (χ4v) is 2.91. The van der Waals surface area contributed by atoms with Crippen LogP contribution in [0.15, 0.2) is 42.7 Å². The molecule has 0 aliphatic rings. The summed E-state index contributed by atoms with van der Waals surface area (Å²) < 4.78 is 1.81. The van der Waals surface area contributed by atoms with Crippen LogP contribution in [0.3, 0.4) is 0 Å². The first kappa shape index (κ1) is 15.7. The van der Waals surface area contributed by atoms with Gasteiger partial charge in [0, 0.05) is 31.4 Å². The highest BCUT2D eigenvalue weighted by Gasteiger charge is 2.28. The predicted molar refractivity (Wildman–Crippen MR) is 84.7 cm³/mol. The van der Waals surface area contributed by atoms with Crippen molar-refractivity contribution in [2.75, 3.05) is 7.05 Å². The van der Waals surface area contributed by atoms with E-state index in [1.54, 1.807) is 4.68 Å². The first-order valence-corrected chi connectivity index (χ1v) is 7.40. The van der Waals surface area contributed by atoms with Crippen LogP contribution in [0.1, 0.15) is 31.1 Å². The first-order valence-electron chi connectivity index (χ1n) is 7.40. The zero-order chi connectivity index (χ0) is 15.4. The molecular formula is C17H25N3O. The van der Waals surface area contributed by atoms with Crippen LogP contribution in [0.5, 0.6) is 0 Å². The highest BCUT2D eigenvalue weighted by Crippen LogP contribution is 2.26. The molecule has 0 saturated carbocycles. The van der Waals surface area contributed by atoms with Crippen LogP contribution >= 0.6 is 0 Å². The summed E-state index contributed by atoms with van der Waals surface area (Å²) in [6, 6.07) is 9.94. The zero-order valence-corrected chi connectivity index (χ0v) is 13.3. The maximum Gasteiger partial charge on any atom is 0.0947 e. The second kappa shape index (κ2) is 6.87. The summed E-state index contributed by atoms with van der Waals surface area (Å²) in [7, 11) is 3.98. The standard InChI is InChI=1S/C17H25N3O/c1-13(2)16(17(21)15-8-6-5-7-9-15)19(3)11-14-10-18-20(4)12-14/h5-10,12-13,16-17,21H,11H2,1-4H3. The van der Waals surface area contributed by atoms with Crippen molar-refractivity contribution in [2.45, 2.75) is 32.5 Å². The number of rotatable bonds is 6. The molecule has 0 bridgehead atoms. The van der Waals surface area contributed by atoms with Crippen LogP contribution < -0.4 is 0 Å². The molecule has 2 aromatic rings. The molecule has 4 heteroatoms. The fourth-order valence-electron chi connectivity index (χ4n) is 2.91. The number of aliphatic hydroxyl groups excluding tert-OH is 1. The van der Waals surface area contributed by atoms with Crippen molar-refractivity contribution in [1.82, 2.24) is 14.7 Å². The van der Waals surface area contributed by atoms with Crippen LogP contribution in [0.2, 0.25) is 0 Å². The highest BCUT2D eigenvalue weighted by atomic mass is 16.3. The van der Waals surface area contributed by atoms with Crippen molar-refractivity contribution < 1.29 is 5.11 Å². The smallest absolute Gasteiger partial charge is 0.0947 e. The van der Waals surface area contributed by atoms with Gasteiger partial charge in [-0.3, -0.25) is 9.58 Å². The van der Waals surface area contributed by atoms with Gasteiger partial charge in [0.05, 0.1) is 12.3 Å². The van der Waals surface area contributed by atoms with Gasteiger partial charge in [-0.05, 0) is 18.5 Å². The maximum atomic E-state index is 10.7. The van der Waals surface area contributed by atoms with E-state index in [0.29, 0.717) is 5.92 Å². The number of likely N-dealkylation sites (N-methyl/N-ethyl adjacent to an activating group) is 1. The lowest BCUT2D eigenvalue weighted by atomic mass is 9.92. The van der Waals surface area contributed by atoms with E-state index in [4.69, 9.17) is 0 Å². The number of aryl methyl sites for hydroxylation is 1. The van der Waals surface area contributed by atoms with Gasteiger partial charge in [0.1, 0.15) is 0 Å². The van der Waals surface area contributed by atoms with Gasteiger partial charge in [0.25, 0.3) is 0 Å². The Morgan fingerprint density at radius 1 is 1.24 bits per heavy atom. The Morgan fingerprint density at radius 2 is 1.90 bits per heavy atom. The van der Waals surface area contributed by atoms with Crippen molar-refractivity contribution >= 4 is 0 Å². The minimum absolute atomic E-state index is 0.0626. The van der Waals surface area contributed by atoms with E-state index in [0.717, 1.165) is 17.7 Å². The molecule has 0 amide bonds. The summed E-state index contributed by atoms with van der Waals surface area (Å²) in [6.45, 7) is 5.08. The third kappa shape index (κ3) is 3.93. The van der Waals surface area contributed by atoms with E-state index < -0.39 is 6.10 Å². The Morgan fingerprint density at radius 3 is 2.43 bits per heavy atom. The fraction of sp³-hybridized carbons (Fsp3) is 0.471. The average Bonchev–Trinajstić information content (AvgIpc) is 2.84. The molecule has 0 saturated heterocycles. The molecule has 0 spiro atoms. The summed E-state index contributed by atoms with van der Waals surface area (Å²) in [5, 5.41) is 14.9. The van der Waals surface area contributed by atoms with Gasteiger partial charge in [-0.15, -0.1) is 0 Å². The predicted octanol–water partition coefficient (Wildman–Crippen LogP) is 2.61. The van der Waals surface area contributed by atoms with Crippen LogP contribution in [0.4, 0.5) is 0 Å². The molecule has 0 aliphatic carbocycles. The average molecular weight is 287 g/mol. The number of aliphatic hydroxyl groups is 1. The van der Waals surface area contributed by atoms with E-state index in [1.165, 1.54) is 0 Å². The minimum Gasteiger partial charge on any atom is -0.387 e. The topological polar surface area (TPSA) is 41.3 Å². The van der Waals surface area contributed by atoms with Crippen molar-refractivity contribution in [3.63, 3.8) is 0 Å². The van der Waals surface area contributed by atoms with Gasteiger partial charge < -0.3 is 5.11 Å². The van der Waals surface area contributed by atoms with Gasteiger partial charge in [0.2, 0.25) is 0 Å². The molecule has 1 heterocycles. The second-order valence-electron chi connectivity index (χ2n) is 6.03. The molecule has 114 valence electrons. The van der Waals surface area contributed by atoms with Gasteiger partial charge in [-0.1, -0.05) is 44.2 Å². The second-order valence-corrected chi connectivity index (χ2v) is 6.03. The van der Waals surface area contributed by atoms with Crippen molar-refractivity contribution in [2.24, 2.45) is 13.0 Å². The zero-order valence-electron chi connectivity index (χ0n) is 13.3. The van der Waals surface area contributed by atoms with Crippen LogP contribution in [0, 0.1) is 5.92 Å². The first-order chi connectivity index (χ1) is 9.99. The number of hydrogen-bond donors (Lipinski definition) is 1. The third-order valence-corrected chi connectivity index (χ3v) is 3.85. The molecule has 0 fully saturated rings. The molecule has 2 unspecified atom stereocenters. The van der Waals surface area contributed by atoms with Crippen LogP contribution in [0.25, 0.3) is 0 Å². The van der Waals surface area contributed by atoms with Crippen LogP contribution in [-0.4, -0.2) is 32.9 Å². The van der Waals surface area contributed by atoms with E-state index in [2.05, 4.69) is 30.9 Å². The largest absolute Gasteiger partial charge is 0.387 e. The molecule has 1 aromatic heterocycles. The molecule has 21 heavy (non-hydrogen) atoms. The number of benzene rings is 1. The number of hydrogen-bond acceptors (Lipinski definition) is 3. The van der Waals surface area contributed by atoms with Crippen molar-refractivity contribution in [3.8, 4) is 0 Å². The lowest BCUT2D eigenvalue weighted by Gasteiger charge is -2.35. The Bertz CT molecular complexity index is 550. The van der Waals surface area contributed by atoms with Crippen molar-refractivity contribution in [1.29, 1.82) is 0 Å². The maximum absolute atomic E-state index is 10.7. The Labute approximate surface area is 127 Å². The van der Waals surface area contributed by atoms with Gasteiger partial charge >= 0.3 is 0 Å². The van der Waals surface area contributed by atoms with E-state index in [1.807, 2.05) is 49.8 Å². The molecule has 1 N–H and O–H groups in total. The van der Waals surface area contributed by atoms with Gasteiger partial charge in [-0.25, -0.2) is 0 Å². The summed E-state index contributed by atoms with van der Waals surface area (Å²) in [5.74, 6) is 0.349. The molecular weight excluding hydrogens is 262 g/mol. The van der Waals surface area contributed by atoms with Crippen molar-refractivity contribution in [3.05, 3.63) is 53.9 Å². The molecule has 2 rings (SSSR count). The monoisotopic (exact) mass is 287 g/mol. The van der Waals surface area contributed by atoms with Gasteiger partial charge in [-0.2, -0.15) is 5.10 Å². The molecule has 1 aromatic carbocycles. The number of nitrogens with zero attached hydrogens (tertiary/aromatic N) is 3. The number of aromatic nitrogens is 2. The lowest BCUT2D eigenvalue weighted by Crippen LogP contribution is -2.40. The quantitative estimate of drug-likeness (QED) is 0.888. The van der Waals surface area contributed by atoms with E-state index in [-0.39, 0.29) is 6.04 Å². The molecule has 0 aliphatic heterocycles. The summed E-state index contributed by atoms with van der Waals surface area (Å²) in [4.78, 5) is 2.21. The Kier molecular flexibility index (Phi) is 5.15. The van der Waals surface area contributed by atoms with E-state index >= 15 is 0 Å². The summed E-state index contributed by atoms with van der Waals surface area (Å²) in [5.41, 5.74) is 2.13. The Hall–Kier alpha value is -1.65. The van der Waals surface area contributed by atoms with Crippen LogP contribution in [-0.2, 0) is 13.6 Å². The summed E-state index contributed by atoms with van der Waals surface area (Å²) >= 11 is 0. The molecule has 2 atom stereocenters. The summed E-state index contributed by atoms with van der Waals surface area (Å²) in [6.07, 6.45) is 3.40. The van der Waals surface area contributed by atoms with E-state index in [9.17, 15) is 5.11 Å². The normalized spacial score (nSPS) is 14.6. The molecule has 0 radical (unpaired) electrons.